The Bertz CT molecular complexity index is 669. The molecule has 1 aliphatic carbocycles. The topological polar surface area (TPSA) is 69.7 Å². The van der Waals surface area contributed by atoms with Crippen LogP contribution in [0.5, 0.6) is 0 Å². The van der Waals surface area contributed by atoms with Gasteiger partial charge in [-0.2, -0.15) is 10.1 Å². The Morgan fingerprint density at radius 2 is 2.09 bits per heavy atom. The second-order valence-corrected chi connectivity index (χ2v) is 6.55. The molecule has 1 aliphatic heterocycles. The van der Waals surface area contributed by atoms with Crippen LogP contribution in [0.25, 0.3) is 0 Å². The molecule has 6 nitrogen and oxygen atoms in total. The van der Waals surface area contributed by atoms with Crippen LogP contribution in [0.1, 0.15) is 56.2 Å². The lowest BCUT2D eigenvalue weighted by atomic mass is 10.1. The fourth-order valence-corrected chi connectivity index (χ4v) is 3.14. The Labute approximate surface area is 136 Å². The Kier molecular flexibility index (Phi) is 3.89. The molecule has 2 fully saturated rings. The Hall–Kier alpha value is -2.11. The van der Waals surface area contributed by atoms with Crippen LogP contribution >= 0.6 is 0 Å². The quantitative estimate of drug-likeness (QED) is 0.886. The highest BCUT2D eigenvalue weighted by Crippen LogP contribution is 2.39. The lowest BCUT2D eigenvalue weighted by Crippen LogP contribution is -2.31. The Morgan fingerprint density at radius 3 is 2.83 bits per heavy atom. The second kappa shape index (κ2) is 6.18. The molecule has 1 saturated carbocycles. The van der Waals surface area contributed by atoms with E-state index in [9.17, 15) is 0 Å². The number of anilines is 3. The first-order valence-electron chi connectivity index (χ1n) is 8.76. The van der Waals surface area contributed by atoms with E-state index in [2.05, 4.69) is 38.4 Å². The van der Waals surface area contributed by atoms with E-state index >= 15 is 0 Å². The Morgan fingerprint density at radius 1 is 1.26 bits per heavy atom. The van der Waals surface area contributed by atoms with Crippen LogP contribution in [-0.2, 0) is 6.42 Å². The standard InChI is InChI=1S/C17H24N6/c1-2-12-11-18-17(23-8-4-3-5-9-23)20-16(12)19-15-10-14(21-22-15)13-6-7-13/h10-11,13H,2-9H2,1H3,(H2,18,19,20,21,22). The van der Waals surface area contributed by atoms with Gasteiger partial charge in [-0.3, -0.25) is 5.10 Å². The molecule has 6 heteroatoms. The van der Waals surface area contributed by atoms with Gasteiger partial charge in [0.05, 0.1) is 0 Å². The summed E-state index contributed by atoms with van der Waals surface area (Å²) < 4.78 is 0. The van der Waals surface area contributed by atoms with E-state index < -0.39 is 0 Å². The zero-order valence-corrected chi connectivity index (χ0v) is 13.7. The van der Waals surface area contributed by atoms with Gasteiger partial charge in [0, 0.05) is 42.5 Å². The lowest BCUT2D eigenvalue weighted by molar-refractivity contribution is 0.568. The molecule has 4 rings (SSSR count). The molecule has 0 amide bonds. The van der Waals surface area contributed by atoms with Crippen molar-refractivity contribution >= 4 is 17.6 Å². The monoisotopic (exact) mass is 312 g/mol. The number of rotatable bonds is 5. The molecule has 122 valence electrons. The molecule has 23 heavy (non-hydrogen) atoms. The summed E-state index contributed by atoms with van der Waals surface area (Å²) in [5.74, 6) is 3.25. The molecule has 0 bridgehead atoms. The summed E-state index contributed by atoms with van der Waals surface area (Å²) in [6, 6.07) is 2.11. The van der Waals surface area contributed by atoms with E-state index in [1.54, 1.807) is 0 Å². The van der Waals surface area contributed by atoms with E-state index in [-0.39, 0.29) is 0 Å². The van der Waals surface area contributed by atoms with Crippen LogP contribution in [-0.4, -0.2) is 33.3 Å². The number of aryl methyl sites for hydroxylation is 1. The van der Waals surface area contributed by atoms with Crippen molar-refractivity contribution in [2.24, 2.45) is 0 Å². The molecule has 3 heterocycles. The van der Waals surface area contributed by atoms with E-state index in [0.29, 0.717) is 5.92 Å². The van der Waals surface area contributed by atoms with Crippen molar-refractivity contribution < 1.29 is 0 Å². The van der Waals surface area contributed by atoms with Crippen molar-refractivity contribution in [3.05, 3.63) is 23.5 Å². The summed E-state index contributed by atoms with van der Waals surface area (Å²) in [4.78, 5) is 11.6. The molecular formula is C17H24N6. The molecule has 0 aromatic carbocycles. The molecule has 0 spiro atoms. The van der Waals surface area contributed by atoms with Gasteiger partial charge >= 0.3 is 0 Å². The molecular weight excluding hydrogens is 288 g/mol. The average Bonchev–Trinajstić information content (AvgIpc) is 3.35. The van der Waals surface area contributed by atoms with Gasteiger partial charge in [-0.15, -0.1) is 0 Å². The van der Waals surface area contributed by atoms with Gasteiger partial charge in [-0.25, -0.2) is 4.98 Å². The first-order valence-corrected chi connectivity index (χ1v) is 8.76. The van der Waals surface area contributed by atoms with Crippen LogP contribution in [0.2, 0.25) is 0 Å². The number of hydrogen-bond donors (Lipinski definition) is 2. The van der Waals surface area contributed by atoms with Crippen molar-refractivity contribution in [3.8, 4) is 0 Å². The van der Waals surface area contributed by atoms with Crippen LogP contribution in [0, 0.1) is 0 Å². The van der Waals surface area contributed by atoms with Crippen LogP contribution in [0.3, 0.4) is 0 Å². The summed E-state index contributed by atoms with van der Waals surface area (Å²) >= 11 is 0. The van der Waals surface area contributed by atoms with E-state index in [0.717, 1.165) is 42.7 Å². The van der Waals surface area contributed by atoms with Crippen molar-refractivity contribution in [2.75, 3.05) is 23.3 Å². The van der Waals surface area contributed by atoms with Crippen LogP contribution in [0.15, 0.2) is 12.3 Å². The first-order chi connectivity index (χ1) is 11.3. The number of hydrogen-bond acceptors (Lipinski definition) is 5. The third-order valence-corrected chi connectivity index (χ3v) is 4.73. The summed E-state index contributed by atoms with van der Waals surface area (Å²) in [5, 5.41) is 10.9. The molecule has 2 aliphatic rings. The zero-order valence-electron chi connectivity index (χ0n) is 13.7. The minimum atomic E-state index is 0.679. The van der Waals surface area contributed by atoms with E-state index in [1.165, 1.54) is 37.8 Å². The smallest absolute Gasteiger partial charge is 0.227 e. The average molecular weight is 312 g/mol. The van der Waals surface area contributed by atoms with Crippen molar-refractivity contribution in [1.82, 2.24) is 20.2 Å². The second-order valence-electron chi connectivity index (χ2n) is 6.55. The largest absolute Gasteiger partial charge is 0.341 e. The maximum absolute atomic E-state index is 4.78. The molecule has 0 radical (unpaired) electrons. The Balaban J connectivity index is 1.56. The molecule has 2 N–H and O–H groups in total. The number of aromatic amines is 1. The fourth-order valence-electron chi connectivity index (χ4n) is 3.14. The maximum Gasteiger partial charge on any atom is 0.227 e. The molecule has 2 aromatic rings. The SMILES string of the molecule is CCc1cnc(N2CCCCC2)nc1Nc1cc(C2CC2)[nH]n1. The van der Waals surface area contributed by atoms with Crippen LogP contribution in [0.4, 0.5) is 17.6 Å². The third-order valence-electron chi connectivity index (χ3n) is 4.73. The van der Waals surface area contributed by atoms with Gasteiger partial charge in [0.2, 0.25) is 5.95 Å². The van der Waals surface area contributed by atoms with Crippen LogP contribution < -0.4 is 10.2 Å². The van der Waals surface area contributed by atoms with Gasteiger partial charge < -0.3 is 10.2 Å². The number of aromatic nitrogens is 4. The van der Waals surface area contributed by atoms with Crippen molar-refractivity contribution in [3.63, 3.8) is 0 Å². The van der Waals surface area contributed by atoms with Gasteiger partial charge in [0.25, 0.3) is 0 Å². The van der Waals surface area contributed by atoms with Crippen molar-refractivity contribution in [1.29, 1.82) is 0 Å². The van der Waals surface area contributed by atoms with E-state index in [4.69, 9.17) is 4.98 Å². The molecule has 0 unspecified atom stereocenters. The minimum absolute atomic E-state index is 0.679. The van der Waals surface area contributed by atoms with E-state index in [1.807, 2.05) is 6.20 Å². The van der Waals surface area contributed by atoms with Gasteiger partial charge in [0.15, 0.2) is 5.82 Å². The third kappa shape index (κ3) is 3.16. The molecule has 1 saturated heterocycles. The normalized spacial score (nSPS) is 18.2. The first kappa shape index (κ1) is 14.5. The van der Waals surface area contributed by atoms with Gasteiger partial charge in [-0.1, -0.05) is 6.92 Å². The predicted molar refractivity (Wildman–Crippen MR) is 91.3 cm³/mol. The summed E-state index contributed by atoms with van der Waals surface area (Å²) in [6.45, 7) is 4.24. The van der Waals surface area contributed by atoms with Gasteiger partial charge in [0.1, 0.15) is 5.82 Å². The van der Waals surface area contributed by atoms with Gasteiger partial charge in [-0.05, 0) is 38.5 Å². The maximum atomic E-state index is 4.78. The fraction of sp³-hybridized carbons (Fsp3) is 0.588. The highest BCUT2D eigenvalue weighted by molar-refractivity contribution is 5.58. The van der Waals surface area contributed by atoms with Crippen molar-refractivity contribution in [2.45, 2.75) is 51.4 Å². The zero-order chi connectivity index (χ0) is 15.6. The lowest BCUT2D eigenvalue weighted by Gasteiger charge is -2.27. The summed E-state index contributed by atoms with van der Waals surface area (Å²) in [6.07, 6.45) is 9.17. The number of nitrogens with zero attached hydrogens (tertiary/aromatic N) is 4. The number of H-pyrrole nitrogens is 1. The molecule has 0 atom stereocenters. The summed E-state index contributed by atoms with van der Waals surface area (Å²) in [7, 11) is 0. The minimum Gasteiger partial charge on any atom is -0.341 e. The highest BCUT2D eigenvalue weighted by atomic mass is 15.3. The summed E-state index contributed by atoms with van der Waals surface area (Å²) in [5.41, 5.74) is 2.36. The highest BCUT2D eigenvalue weighted by Gasteiger charge is 2.25. The number of nitrogens with one attached hydrogen (secondary N) is 2. The molecule has 2 aromatic heterocycles. The predicted octanol–water partition coefficient (Wildman–Crippen LogP) is 3.37. The number of piperidine rings is 1.